The molecule has 0 saturated heterocycles. The molecule has 2 aromatic rings. The lowest BCUT2D eigenvalue weighted by Crippen LogP contribution is -1.91. The Morgan fingerprint density at radius 3 is 2.53 bits per heavy atom. The molecule has 0 spiro atoms. The summed E-state index contributed by atoms with van der Waals surface area (Å²) in [6, 6.07) is 13.0. The molecule has 0 amide bonds. The monoisotopic (exact) mass is 355 g/mol. The molecule has 0 aliphatic rings. The molecule has 0 unspecified atom stereocenters. The molecule has 0 bridgehead atoms. The van der Waals surface area contributed by atoms with Gasteiger partial charge in [-0.05, 0) is 46.5 Å². The molecule has 0 heterocycles. The molecule has 2 aromatic carbocycles. The Kier molecular flexibility index (Phi) is 4.90. The number of halogens is 1. The fourth-order valence-corrected chi connectivity index (χ4v) is 3.38. The van der Waals surface area contributed by atoms with Crippen molar-refractivity contribution in [2.45, 2.75) is 14.7 Å². The zero-order chi connectivity index (χ0) is 13.8. The number of rotatable bonds is 4. The van der Waals surface area contributed by atoms with Gasteiger partial charge in [-0.15, -0.1) is 11.8 Å². The summed E-state index contributed by atoms with van der Waals surface area (Å²) < 4.78 is 0.934. The Hall–Kier alpha value is -0.980. The van der Waals surface area contributed by atoms with E-state index in [9.17, 15) is 10.1 Å². The molecule has 0 atom stereocenters. The third-order valence-electron chi connectivity index (χ3n) is 2.42. The lowest BCUT2D eigenvalue weighted by Gasteiger charge is -2.06. The Morgan fingerprint density at radius 2 is 1.89 bits per heavy atom. The summed E-state index contributed by atoms with van der Waals surface area (Å²) in [4.78, 5) is 13.3. The smallest absolute Gasteiger partial charge is 0.258 e. The van der Waals surface area contributed by atoms with Gasteiger partial charge in [-0.1, -0.05) is 23.9 Å². The van der Waals surface area contributed by atoms with Gasteiger partial charge >= 0.3 is 0 Å². The third kappa shape index (κ3) is 3.52. The van der Waals surface area contributed by atoms with Crippen LogP contribution in [0, 0.1) is 10.1 Å². The molecule has 0 aliphatic carbocycles. The Morgan fingerprint density at radius 1 is 1.16 bits per heavy atom. The molecule has 0 aromatic heterocycles. The molecule has 3 nitrogen and oxygen atoms in total. The summed E-state index contributed by atoms with van der Waals surface area (Å²) in [7, 11) is 0. The quantitative estimate of drug-likeness (QED) is 0.427. The van der Waals surface area contributed by atoms with Crippen molar-refractivity contribution >= 4 is 45.1 Å². The second-order valence-corrected chi connectivity index (χ2v) is 6.44. The van der Waals surface area contributed by atoms with Crippen LogP contribution >= 0.6 is 39.5 Å². The fraction of sp³-hybridized carbons (Fsp3) is 0.0769. The van der Waals surface area contributed by atoms with Crippen LogP contribution < -0.4 is 0 Å². The van der Waals surface area contributed by atoms with Crippen molar-refractivity contribution in [2.75, 3.05) is 6.26 Å². The maximum absolute atomic E-state index is 11.1. The van der Waals surface area contributed by atoms with Gasteiger partial charge in [-0.2, -0.15) is 0 Å². The van der Waals surface area contributed by atoms with E-state index in [-0.39, 0.29) is 10.6 Å². The number of nitro groups is 1. The summed E-state index contributed by atoms with van der Waals surface area (Å²) in [6.07, 6.45) is 1.90. The first-order valence-electron chi connectivity index (χ1n) is 5.36. The molecule has 0 radical (unpaired) electrons. The molecule has 6 heteroatoms. The van der Waals surface area contributed by atoms with Crippen LogP contribution in [0.2, 0.25) is 0 Å². The molecule has 0 fully saturated rings. The predicted molar refractivity (Wildman–Crippen MR) is 83.1 cm³/mol. The SMILES string of the molecule is CSc1ccc(Sc2ccccc2Br)c([N+](=O)[O-])c1. The van der Waals surface area contributed by atoms with Gasteiger partial charge in [0.2, 0.25) is 0 Å². The number of nitrogens with zero attached hydrogens (tertiary/aromatic N) is 1. The van der Waals surface area contributed by atoms with E-state index >= 15 is 0 Å². The Labute approximate surface area is 128 Å². The predicted octanol–water partition coefficient (Wildman–Crippen LogP) is 5.23. The number of nitro benzene ring substituents is 1. The molecule has 2 rings (SSSR count). The van der Waals surface area contributed by atoms with Crippen LogP contribution in [0.15, 0.2) is 61.6 Å². The second kappa shape index (κ2) is 6.45. The largest absolute Gasteiger partial charge is 0.284 e. The first-order chi connectivity index (χ1) is 9.11. The van der Waals surface area contributed by atoms with E-state index in [1.165, 1.54) is 23.5 Å². The number of hydrogen-bond acceptors (Lipinski definition) is 4. The zero-order valence-corrected chi connectivity index (χ0v) is 13.2. The first kappa shape index (κ1) is 14.4. The van der Waals surface area contributed by atoms with Crippen molar-refractivity contribution in [1.29, 1.82) is 0 Å². The number of thioether (sulfide) groups is 1. The molecule has 0 saturated carbocycles. The highest BCUT2D eigenvalue weighted by Crippen LogP contribution is 2.39. The zero-order valence-electron chi connectivity index (χ0n) is 10.00. The van der Waals surface area contributed by atoms with Crippen LogP contribution in [-0.2, 0) is 0 Å². The van der Waals surface area contributed by atoms with Crippen LogP contribution in [0.25, 0.3) is 0 Å². The van der Waals surface area contributed by atoms with E-state index in [4.69, 9.17) is 0 Å². The maximum Gasteiger partial charge on any atom is 0.284 e. The second-order valence-electron chi connectivity index (χ2n) is 3.62. The van der Waals surface area contributed by atoms with Crippen molar-refractivity contribution < 1.29 is 4.92 Å². The lowest BCUT2D eigenvalue weighted by atomic mass is 10.3. The highest BCUT2D eigenvalue weighted by atomic mass is 79.9. The molecular weight excluding hydrogens is 346 g/mol. The van der Waals surface area contributed by atoms with Gasteiger partial charge < -0.3 is 0 Å². The summed E-state index contributed by atoms with van der Waals surface area (Å²) in [5, 5.41) is 11.1. The van der Waals surface area contributed by atoms with Gasteiger partial charge in [0.05, 0.1) is 9.82 Å². The van der Waals surface area contributed by atoms with Gasteiger partial charge in [-0.25, -0.2) is 0 Å². The fourth-order valence-electron chi connectivity index (χ4n) is 1.50. The van der Waals surface area contributed by atoms with E-state index in [1.54, 1.807) is 12.1 Å². The van der Waals surface area contributed by atoms with Crippen molar-refractivity contribution in [1.82, 2.24) is 0 Å². The van der Waals surface area contributed by atoms with Gasteiger partial charge in [0.1, 0.15) is 0 Å². The van der Waals surface area contributed by atoms with E-state index in [0.717, 1.165) is 14.3 Å². The topological polar surface area (TPSA) is 43.1 Å². The summed E-state index contributed by atoms with van der Waals surface area (Å²) in [5.41, 5.74) is 0.146. The van der Waals surface area contributed by atoms with E-state index in [0.29, 0.717) is 4.90 Å². The van der Waals surface area contributed by atoms with Crippen LogP contribution in [0.4, 0.5) is 5.69 Å². The van der Waals surface area contributed by atoms with Crippen LogP contribution in [0.5, 0.6) is 0 Å². The average molecular weight is 356 g/mol. The van der Waals surface area contributed by atoms with Crippen molar-refractivity contribution in [3.8, 4) is 0 Å². The van der Waals surface area contributed by atoms with E-state index < -0.39 is 0 Å². The number of benzene rings is 2. The Balaban J connectivity index is 2.40. The molecule has 0 N–H and O–H groups in total. The summed E-state index contributed by atoms with van der Waals surface area (Å²) in [6.45, 7) is 0. The van der Waals surface area contributed by atoms with E-state index in [1.807, 2.05) is 36.6 Å². The van der Waals surface area contributed by atoms with Crippen LogP contribution in [0.3, 0.4) is 0 Å². The molecule has 98 valence electrons. The Bertz CT molecular complexity index is 619. The van der Waals surface area contributed by atoms with Gasteiger partial charge in [0.15, 0.2) is 0 Å². The highest BCUT2D eigenvalue weighted by Gasteiger charge is 2.16. The average Bonchev–Trinajstić information content (AvgIpc) is 2.41. The number of hydrogen-bond donors (Lipinski definition) is 0. The minimum absolute atomic E-state index is 0.146. The van der Waals surface area contributed by atoms with Crippen molar-refractivity contribution in [3.05, 3.63) is 57.1 Å². The van der Waals surface area contributed by atoms with Gasteiger partial charge in [0, 0.05) is 20.3 Å². The van der Waals surface area contributed by atoms with Crippen LogP contribution in [0.1, 0.15) is 0 Å². The molecular formula is C13H10BrNO2S2. The molecule has 19 heavy (non-hydrogen) atoms. The minimum Gasteiger partial charge on any atom is -0.258 e. The third-order valence-corrected chi connectivity index (χ3v) is 5.24. The standard InChI is InChI=1S/C13H10BrNO2S2/c1-18-9-6-7-13(11(8-9)15(16)17)19-12-5-3-2-4-10(12)14/h2-8H,1H3. The minimum atomic E-state index is -0.334. The summed E-state index contributed by atoms with van der Waals surface area (Å²) in [5.74, 6) is 0. The van der Waals surface area contributed by atoms with Crippen molar-refractivity contribution in [2.24, 2.45) is 0 Å². The van der Waals surface area contributed by atoms with Gasteiger partial charge in [-0.3, -0.25) is 10.1 Å². The van der Waals surface area contributed by atoms with Crippen molar-refractivity contribution in [3.63, 3.8) is 0 Å². The molecule has 0 aliphatic heterocycles. The summed E-state index contributed by atoms with van der Waals surface area (Å²) >= 11 is 6.33. The van der Waals surface area contributed by atoms with Crippen LogP contribution in [-0.4, -0.2) is 11.2 Å². The van der Waals surface area contributed by atoms with Gasteiger partial charge in [0.25, 0.3) is 5.69 Å². The first-order valence-corrected chi connectivity index (χ1v) is 8.20. The lowest BCUT2D eigenvalue weighted by molar-refractivity contribution is -0.387. The van der Waals surface area contributed by atoms with E-state index in [2.05, 4.69) is 15.9 Å². The highest BCUT2D eigenvalue weighted by molar-refractivity contribution is 9.10. The maximum atomic E-state index is 11.1. The normalized spacial score (nSPS) is 10.4.